The molecule has 5 nitrogen and oxygen atoms in total. The van der Waals surface area contributed by atoms with Crippen LogP contribution >= 0.6 is 0 Å². The van der Waals surface area contributed by atoms with Gasteiger partial charge in [0.2, 0.25) is 12.7 Å². The molecule has 1 heterocycles. The molecule has 0 atom stereocenters. The van der Waals surface area contributed by atoms with Crippen molar-refractivity contribution in [2.75, 3.05) is 6.79 Å². The smallest absolute Gasteiger partial charge is 0.231 e. The van der Waals surface area contributed by atoms with Crippen molar-refractivity contribution < 1.29 is 14.3 Å². The van der Waals surface area contributed by atoms with Gasteiger partial charge in [-0.2, -0.15) is 0 Å². The van der Waals surface area contributed by atoms with Gasteiger partial charge in [-0.1, -0.05) is 6.07 Å². The summed E-state index contributed by atoms with van der Waals surface area (Å²) in [5, 5.41) is 3.30. The van der Waals surface area contributed by atoms with E-state index in [0.29, 0.717) is 13.0 Å². The lowest BCUT2D eigenvalue weighted by molar-refractivity contribution is -0.119. The van der Waals surface area contributed by atoms with E-state index in [2.05, 4.69) is 5.32 Å². The molecular weight excluding hydrogens is 232 g/mol. The lowest BCUT2D eigenvalue weighted by Gasteiger charge is -2.24. The normalized spacial score (nSPS) is 13.7. The van der Waals surface area contributed by atoms with Gasteiger partial charge in [-0.25, -0.2) is 0 Å². The summed E-state index contributed by atoms with van der Waals surface area (Å²) < 4.78 is 10.6. The van der Waals surface area contributed by atoms with Crippen molar-refractivity contribution >= 4 is 5.91 Å². The third-order valence-corrected chi connectivity index (χ3v) is 2.82. The van der Waals surface area contributed by atoms with Crippen LogP contribution in [0.5, 0.6) is 11.5 Å². The monoisotopic (exact) mass is 250 g/mol. The van der Waals surface area contributed by atoms with Crippen LogP contribution in [0.15, 0.2) is 18.2 Å². The maximum absolute atomic E-state index is 10.9. The first-order valence-electron chi connectivity index (χ1n) is 5.88. The highest BCUT2D eigenvalue weighted by Gasteiger charge is 2.20. The van der Waals surface area contributed by atoms with Crippen LogP contribution in [-0.4, -0.2) is 18.2 Å². The topological polar surface area (TPSA) is 73.6 Å². The molecule has 0 saturated heterocycles. The summed E-state index contributed by atoms with van der Waals surface area (Å²) in [4.78, 5) is 10.9. The fourth-order valence-corrected chi connectivity index (χ4v) is 1.89. The van der Waals surface area contributed by atoms with Gasteiger partial charge in [0, 0.05) is 18.5 Å². The Bertz CT molecular complexity index is 458. The summed E-state index contributed by atoms with van der Waals surface area (Å²) in [6.07, 6.45) is 0.303. The molecule has 0 aliphatic carbocycles. The Morgan fingerprint density at radius 2 is 2.11 bits per heavy atom. The molecule has 3 N–H and O–H groups in total. The Kier molecular flexibility index (Phi) is 3.43. The third kappa shape index (κ3) is 3.13. The second-order valence-corrected chi connectivity index (χ2v) is 5.07. The zero-order chi connectivity index (χ0) is 13.2. The Balaban J connectivity index is 1.96. The number of hydrogen-bond donors (Lipinski definition) is 2. The van der Waals surface area contributed by atoms with Crippen LogP contribution in [0.4, 0.5) is 0 Å². The molecule has 98 valence electrons. The second-order valence-electron chi connectivity index (χ2n) is 5.07. The molecule has 0 radical (unpaired) electrons. The number of amides is 1. The average Bonchev–Trinajstić information content (AvgIpc) is 2.71. The first-order valence-corrected chi connectivity index (χ1v) is 5.88. The Morgan fingerprint density at radius 3 is 2.83 bits per heavy atom. The second kappa shape index (κ2) is 4.86. The van der Waals surface area contributed by atoms with E-state index >= 15 is 0 Å². The van der Waals surface area contributed by atoms with E-state index in [0.717, 1.165) is 17.1 Å². The van der Waals surface area contributed by atoms with E-state index in [1.54, 1.807) is 0 Å². The third-order valence-electron chi connectivity index (χ3n) is 2.82. The molecule has 0 unspecified atom stereocenters. The molecule has 1 aliphatic rings. The van der Waals surface area contributed by atoms with Crippen LogP contribution in [0.25, 0.3) is 0 Å². The van der Waals surface area contributed by atoms with Gasteiger partial charge in [-0.3, -0.25) is 4.79 Å². The summed E-state index contributed by atoms with van der Waals surface area (Å²) in [5.74, 6) is 1.23. The molecule has 5 heteroatoms. The minimum absolute atomic E-state index is 0.277. The molecular formula is C13H18N2O3. The summed E-state index contributed by atoms with van der Waals surface area (Å²) in [7, 11) is 0. The van der Waals surface area contributed by atoms with Crippen molar-refractivity contribution in [1.29, 1.82) is 0 Å². The molecule has 0 fully saturated rings. The highest BCUT2D eigenvalue weighted by molar-refractivity contribution is 5.75. The van der Waals surface area contributed by atoms with Crippen molar-refractivity contribution in [1.82, 2.24) is 5.32 Å². The van der Waals surface area contributed by atoms with Gasteiger partial charge in [-0.05, 0) is 31.5 Å². The van der Waals surface area contributed by atoms with E-state index in [-0.39, 0.29) is 18.2 Å². The Morgan fingerprint density at radius 1 is 1.39 bits per heavy atom. The first-order chi connectivity index (χ1) is 8.46. The Hall–Kier alpha value is -1.75. The molecule has 1 aromatic rings. The highest BCUT2D eigenvalue weighted by atomic mass is 16.7. The van der Waals surface area contributed by atoms with Gasteiger partial charge in [-0.15, -0.1) is 0 Å². The van der Waals surface area contributed by atoms with Gasteiger partial charge in [0.25, 0.3) is 0 Å². The molecule has 0 saturated carbocycles. The quantitative estimate of drug-likeness (QED) is 0.822. The SMILES string of the molecule is CC(C)(CC(N)=O)NCc1ccc2c(c1)OCO2. The molecule has 2 rings (SSSR count). The lowest BCUT2D eigenvalue weighted by Crippen LogP contribution is -2.42. The number of benzene rings is 1. The number of nitrogens with one attached hydrogen (secondary N) is 1. The first kappa shape index (κ1) is 12.7. The summed E-state index contributed by atoms with van der Waals surface area (Å²) in [5.41, 5.74) is 5.97. The minimum atomic E-state index is -0.317. The number of hydrogen-bond acceptors (Lipinski definition) is 4. The molecule has 0 spiro atoms. The van der Waals surface area contributed by atoms with E-state index in [9.17, 15) is 4.79 Å². The van der Waals surface area contributed by atoms with Crippen LogP contribution in [0, 0.1) is 0 Å². The molecule has 1 aromatic carbocycles. The average molecular weight is 250 g/mol. The molecule has 0 aromatic heterocycles. The van der Waals surface area contributed by atoms with Crippen molar-refractivity contribution in [2.45, 2.75) is 32.4 Å². The van der Waals surface area contributed by atoms with Crippen LogP contribution in [-0.2, 0) is 11.3 Å². The van der Waals surface area contributed by atoms with E-state index < -0.39 is 0 Å². The maximum atomic E-state index is 10.9. The maximum Gasteiger partial charge on any atom is 0.231 e. The Labute approximate surface area is 106 Å². The summed E-state index contributed by atoms with van der Waals surface area (Å²) >= 11 is 0. The van der Waals surface area contributed by atoms with Gasteiger partial charge in [0.05, 0.1) is 0 Å². The number of fused-ring (bicyclic) bond motifs is 1. The summed E-state index contributed by atoms with van der Waals surface area (Å²) in [6.45, 7) is 4.83. The molecule has 0 bridgehead atoms. The number of carbonyl (C=O) groups excluding carboxylic acids is 1. The van der Waals surface area contributed by atoms with Crippen molar-refractivity contribution in [3.63, 3.8) is 0 Å². The van der Waals surface area contributed by atoms with Crippen molar-refractivity contribution in [3.8, 4) is 11.5 Å². The standard InChI is InChI=1S/C13H18N2O3/c1-13(2,6-12(14)16)15-7-9-3-4-10-11(5-9)18-8-17-10/h3-5,15H,6-8H2,1-2H3,(H2,14,16). The number of ether oxygens (including phenoxy) is 2. The number of rotatable bonds is 5. The fraction of sp³-hybridized carbons (Fsp3) is 0.462. The minimum Gasteiger partial charge on any atom is -0.454 e. The lowest BCUT2D eigenvalue weighted by atomic mass is 10.00. The van der Waals surface area contributed by atoms with Crippen LogP contribution in [0.1, 0.15) is 25.8 Å². The highest BCUT2D eigenvalue weighted by Crippen LogP contribution is 2.32. The zero-order valence-corrected chi connectivity index (χ0v) is 10.7. The van der Waals surface area contributed by atoms with Gasteiger partial charge >= 0.3 is 0 Å². The van der Waals surface area contributed by atoms with Crippen molar-refractivity contribution in [2.24, 2.45) is 5.73 Å². The van der Waals surface area contributed by atoms with Gasteiger partial charge in [0.1, 0.15) is 0 Å². The molecule has 1 aliphatic heterocycles. The molecule has 18 heavy (non-hydrogen) atoms. The number of carbonyl (C=O) groups is 1. The fourth-order valence-electron chi connectivity index (χ4n) is 1.89. The van der Waals surface area contributed by atoms with E-state index in [1.807, 2.05) is 32.0 Å². The molecule has 1 amide bonds. The van der Waals surface area contributed by atoms with Crippen LogP contribution in [0.2, 0.25) is 0 Å². The van der Waals surface area contributed by atoms with Gasteiger partial charge < -0.3 is 20.5 Å². The number of primary amides is 1. The van der Waals surface area contributed by atoms with Crippen molar-refractivity contribution in [3.05, 3.63) is 23.8 Å². The predicted molar refractivity (Wildman–Crippen MR) is 67.3 cm³/mol. The summed E-state index contributed by atoms with van der Waals surface area (Å²) in [6, 6.07) is 5.80. The zero-order valence-electron chi connectivity index (χ0n) is 10.7. The number of nitrogens with two attached hydrogens (primary N) is 1. The largest absolute Gasteiger partial charge is 0.454 e. The van der Waals surface area contributed by atoms with Crippen LogP contribution in [0.3, 0.4) is 0 Å². The van der Waals surface area contributed by atoms with Crippen LogP contribution < -0.4 is 20.5 Å². The van der Waals surface area contributed by atoms with E-state index in [1.165, 1.54) is 0 Å². The predicted octanol–water partition coefficient (Wildman–Crippen LogP) is 1.16. The van der Waals surface area contributed by atoms with E-state index in [4.69, 9.17) is 15.2 Å². The van der Waals surface area contributed by atoms with Gasteiger partial charge in [0.15, 0.2) is 11.5 Å².